The Morgan fingerprint density at radius 1 is 1.29 bits per heavy atom. The fourth-order valence-electron chi connectivity index (χ4n) is 1.31. The lowest BCUT2D eigenvalue weighted by Crippen LogP contribution is -1.96. The van der Waals surface area contributed by atoms with Crippen LogP contribution in [0, 0.1) is 6.92 Å². The zero-order chi connectivity index (χ0) is 9.97. The Hall–Kier alpha value is -1.84. The maximum absolute atomic E-state index is 5.05. The van der Waals surface area contributed by atoms with Gasteiger partial charge in [0.2, 0.25) is 5.88 Å². The standard InChI is InChI=1S/C10H11N3O/c1-8-11-5-6-13(8)9-3-4-12-10(7-9)14-2/h3-7H,1-2H3. The molecule has 4 nitrogen and oxygen atoms in total. The van der Waals surface area contributed by atoms with Gasteiger partial charge in [-0.05, 0) is 13.0 Å². The minimum absolute atomic E-state index is 0.607. The number of aromatic nitrogens is 3. The van der Waals surface area contributed by atoms with E-state index < -0.39 is 0 Å². The van der Waals surface area contributed by atoms with Crippen LogP contribution in [0.25, 0.3) is 5.69 Å². The second-order valence-electron chi connectivity index (χ2n) is 2.90. The van der Waals surface area contributed by atoms with Gasteiger partial charge < -0.3 is 9.30 Å². The van der Waals surface area contributed by atoms with Crippen molar-refractivity contribution >= 4 is 0 Å². The van der Waals surface area contributed by atoms with Gasteiger partial charge in [0.05, 0.1) is 12.8 Å². The van der Waals surface area contributed by atoms with Crippen molar-refractivity contribution in [3.63, 3.8) is 0 Å². The van der Waals surface area contributed by atoms with Crippen molar-refractivity contribution in [2.45, 2.75) is 6.92 Å². The van der Waals surface area contributed by atoms with E-state index in [9.17, 15) is 0 Å². The van der Waals surface area contributed by atoms with Crippen LogP contribution in [0.2, 0.25) is 0 Å². The van der Waals surface area contributed by atoms with Crippen molar-refractivity contribution in [2.75, 3.05) is 7.11 Å². The molecule has 0 bridgehead atoms. The topological polar surface area (TPSA) is 39.9 Å². The minimum Gasteiger partial charge on any atom is -0.481 e. The molecule has 0 aliphatic rings. The van der Waals surface area contributed by atoms with Crippen molar-refractivity contribution < 1.29 is 4.74 Å². The molecule has 0 saturated carbocycles. The Kier molecular flexibility index (Phi) is 2.18. The van der Waals surface area contributed by atoms with Crippen LogP contribution >= 0.6 is 0 Å². The molecule has 72 valence electrons. The predicted molar refractivity (Wildman–Crippen MR) is 52.6 cm³/mol. The summed E-state index contributed by atoms with van der Waals surface area (Å²) in [5, 5.41) is 0. The van der Waals surface area contributed by atoms with E-state index in [1.807, 2.05) is 29.8 Å². The summed E-state index contributed by atoms with van der Waals surface area (Å²) in [5.41, 5.74) is 1.01. The fraction of sp³-hybridized carbons (Fsp3) is 0.200. The van der Waals surface area contributed by atoms with Gasteiger partial charge in [-0.2, -0.15) is 0 Å². The molecule has 0 saturated heterocycles. The second-order valence-corrected chi connectivity index (χ2v) is 2.90. The van der Waals surface area contributed by atoms with Crippen LogP contribution in [0.4, 0.5) is 0 Å². The molecule has 0 aliphatic carbocycles. The summed E-state index contributed by atoms with van der Waals surface area (Å²) in [6.07, 6.45) is 5.39. The molecular formula is C10H11N3O. The maximum atomic E-state index is 5.05. The summed E-state index contributed by atoms with van der Waals surface area (Å²) >= 11 is 0. The van der Waals surface area contributed by atoms with E-state index in [0.717, 1.165) is 11.5 Å². The molecule has 0 amide bonds. The molecular weight excluding hydrogens is 178 g/mol. The number of nitrogens with zero attached hydrogens (tertiary/aromatic N) is 3. The smallest absolute Gasteiger partial charge is 0.215 e. The Morgan fingerprint density at radius 2 is 2.14 bits per heavy atom. The molecule has 0 fully saturated rings. The Labute approximate surface area is 82.2 Å². The van der Waals surface area contributed by atoms with E-state index >= 15 is 0 Å². The number of methoxy groups -OCH3 is 1. The average molecular weight is 189 g/mol. The van der Waals surface area contributed by atoms with Crippen LogP contribution in [0.5, 0.6) is 5.88 Å². The highest BCUT2D eigenvalue weighted by Crippen LogP contribution is 2.14. The molecule has 4 heteroatoms. The molecule has 2 aromatic rings. The third kappa shape index (κ3) is 1.46. The van der Waals surface area contributed by atoms with Crippen molar-refractivity contribution in [1.82, 2.24) is 14.5 Å². The number of pyridine rings is 1. The van der Waals surface area contributed by atoms with E-state index in [0.29, 0.717) is 5.88 Å². The van der Waals surface area contributed by atoms with Gasteiger partial charge >= 0.3 is 0 Å². The maximum Gasteiger partial charge on any atom is 0.215 e. The summed E-state index contributed by atoms with van der Waals surface area (Å²) in [5.74, 6) is 1.55. The number of hydrogen-bond donors (Lipinski definition) is 0. The lowest BCUT2D eigenvalue weighted by atomic mass is 10.4. The van der Waals surface area contributed by atoms with Crippen LogP contribution in [-0.4, -0.2) is 21.6 Å². The number of rotatable bonds is 2. The Balaban J connectivity index is 2.47. The first kappa shape index (κ1) is 8.74. The van der Waals surface area contributed by atoms with Gasteiger partial charge in [0.1, 0.15) is 5.82 Å². The van der Waals surface area contributed by atoms with Crippen LogP contribution in [0.3, 0.4) is 0 Å². The van der Waals surface area contributed by atoms with Crippen molar-refractivity contribution in [2.24, 2.45) is 0 Å². The van der Waals surface area contributed by atoms with Gasteiger partial charge in [-0.1, -0.05) is 0 Å². The Bertz CT molecular complexity index is 436. The highest BCUT2D eigenvalue weighted by Gasteiger charge is 2.01. The largest absolute Gasteiger partial charge is 0.481 e. The third-order valence-corrected chi connectivity index (χ3v) is 2.03. The first-order valence-electron chi connectivity index (χ1n) is 4.31. The molecule has 14 heavy (non-hydrogen) atoms. The third-order valence-electron chi connectivity index (χ3n) is 2.03. The summed E-state index contributed by atoms with van der Waals surface area (Å²) in [6, 6.07) is 3.78. The van der Waals surface area contributed by atoms with E-state index in [-0.39, 0.29) is 0 Å². The molecule has 0 atom stereocenters. The molecule has 0 radical (unpaired) electrons. The zero-order valence-corrected chi connectivity index (χ0v) is 8.14. The zero-order valence-electron chi connectivity index (χ0n) is 8.14. The van der Waals surface area contributed by atoms with Gasteiger partial charge in [0, 0.05) is 24.7 Å². The van der Waals surface area contributed by atoms with Gasteiger partial charge in [0.25, 0.3) is 0 Å². The van der Waals surface area contributed by atoms with E-state index in [2.05, 4.69) is 9.97 Å². The Morgan fingerprint density at radius 3 is 2.79 bits per heavy atom. The van der Waals surface area contributed by atoms with Crippen LogP contribution < -0.4 is 4.74 Å². The molecule has 2 rings (SSSR count). The van der Waals surface area contributed by atoms with Crippen molar-refractivity contribution in [3.05, 3.63) is 36.5 Å². The van der Waals surface area contributed by atoms with Crippen LogP contribution in [-0.2, 0) is 0 Å². The molecule has 0 aliphatic heterocycles. The van der Waals surface area contributed by atoms with Crippen LogP contribution in [0.15, 0.2) is 30.7 Å². The predicted octanol–water partition coefficient (Wildman–Crippen LogP) is 1.58. The summed E-state index contributed by atoms with van der Waals surface area (Å²) < 4.78 is 7.02. The van der Waals surface area contributed by atoms with Crippen molar-refractivity contribution in [1.29, 1.82) is 0 Å². The number of aryl methyl sites for hydroxylation is 1. The number of imidazole rings is 1. The van der Waals surface area contributed by atoms with Gasteiger partial charge in [-0.15, -0.1) is 0 Å². The molecule has 2 aromatic heterocycles. The monoisotopic (exact) mass is 189 g/mol. The van der Waals surface area contributed by atoms with E-state index in [1.165, 1.54) is 0 Å². The number of ether oxygens (including phenoxy) is 1. The highest BCUT2D eigenvalue weighted by molar-refractivity contribution is 5.35. The summed E-state index contributed by atoms with van der Waals surface area (Å²) in [7, 11) is 1.60. The summed E-state index contributed by atoms with van der Waals surface area (Å²) in [4.78, 5) is 8.19. The van der Waals surface area contributed by atoms with Gasteiger partial charge in [-0.25, -0.2) is 9.97 Å². The fourth-order valence-corrected chi connectivity index (χ4v) is 1.31. The SMILES string of the molecule is COc1cc(-n2ccnc2C)ccn1. The average Bonchev–Trinajstić information content (AvgIpc) is 2.65. The van der Waals surface area contributed by atoms with E-state index in [4.69, 9.17) is 4.74 Å². The lowest BCUT2D eigenvalue weighted by Gasteiger charge is -2.05. The first-order valence-corrected chi connectivity index (χ1v) is 4.31. The molecule has 0 N–H and O–H groups in total. The summed E-state index contributed by atoms with van der Waals surface area (Å²) in [6.45, 7) is 1.95. The van der Waals surface area contributed by atoms with E-state index in [1.54, 1.807) is 19.5 Å². The molecule has 0 aromatic carbocycles. The lowest BCUT2D eigenvalue weighted by molar-refractivity contribution is 0.397. The highest BCUT2D eigenvalue weighted by atomic mass is 16.5. The quantitative estimate of drug-likeness (QED) is 0.720. The van der Waals surface area contributed by atoms with Crippen molar-refractivity contribution in [3.8, 4) is 11.6 Å². The van der Waals surface area contributed by atoms with Gasteiger partial charge in [0.15, 0.2) is 0 Å². The van der Waals surface area contributed by atoms with Gasteiger partial charge in [-0.3, -0.25) is 0 Å². The number of hydrogen-bond acceptors (Lipinski definition) is 3. The van der Waals surface area contributed by atoms with Crippen LogP contribution in [0.1, 0.15) is 5.82 Å². The molecule has 0 unspecified atom stereocenters. The second kappa shape index (κ2) is 3.49. The molecule has 2 heterocycles. The normalized spacial score (nSPS) is 10.1. The minimum atomic E-state index is 0.607. The molecule has 0 spiro atoms. The first-order chi connectivity index (χ1) is 6.81.